The highest BCUT2D eigenvalue weighted by atomic mass is 16.2. The average Bonchev–Trinajstić information content (AvgIpc) is 3.18. The van der Waals surface area contributed by atoms with Gasteiger partial charge in [0, 0.05) is 33.9 Å². The number of aryl methyl sites for hydroxylation is 1. The standard InChI is InChI=1S/C25H21N3O2/c1-17-11-13-20(14-12-17)27-25(30)23(28-24(29)18-7-3-2-4-8-18)15-19-16-26-22-10-6-5-9-21(19)22/h2-16,26H,1H3,(H,27,30)(H,28,29)/b23-15-. The summed E-state index contributed by atoms with van der Waals surface area (Å²) in [7, 11) is 0. The van der Waals surface area contributed by atoms with Crippen molar-refractivity contribution < 1.29 is 9.59 Å². The highest BCUT2D eigenvalue weighted by Crippen LogP contribution is 2.20. The molecule has 0 atom stereocenters. The highest BCUT2D eigenvalue weighted by Gasteiger charge is 2.16. The number of carbonyl (C=O) groups excluding carboxylic acids is 2. The Balaban J connectivity index is 1.67. The van der Waals surface area contributed by atoms with E-state index < -0.39 is 5.91 Å². The fourth-order valence-corrected chi connectivity index (χ4v) is 3.15. The van der Waals surface area contributed by atoms with Gasteiger partial charge < -0.3 is 15.6 Å². The molecule has 0 unspecified atom stereocenters. The molecule has 0 aliphatic heterocycles. The third-order valence-electron chi connectivity index (χ3n) is 4.76. The van der Waals surface area contributed by atoms with Gasteiger partial charge in [-0.05, 0) is 43.3 Å². The summed E-state index contributed by atoms with van der Waals surface area (Å²) in [5.41, 5.74) is 4.16. The van der Waals surface area contributed by atoms with Crippen LogP contribution in [0, 0.1) is 6.92 Å². The number of aromatic amines is 1. The summed E-state index contributed by atoms with van der Waals surface area (Å²) in [6.07, 6.45) is 3.50. The Kier molecular flexibility index (Phi) is 5.44. The van der Waals surface area contributed by atoms with Gasteiger partial charge in [-0.25, -0.2) is 0 Å². The molecule has 0 radical (unpaired) electrons. The summed E-state index contributed by atoms with van der Waals surface area (Å²) in [5, 5.41) is 6.58. The highest BCUT2D eigenvalue weighted by molar-refractivity contribution is 6.11. The van der Waals surface area contributed by atoms with Gasteiger partial charge in [0.05, 0.1) is 0 Å². The molecule has 0 aliphatic rings. The van der Waals surface area contributed by atoms with Crippen LogP contribution in [0.1, 0.15) is 21.5 Å². The molecule has 4 aromatic rings. The molecule has 0 fully saturated rings. The molecule has 0 saturated carbocycles. The van der Waals surface area contributed by atoms with Gasteiger partial charge in [-0.2, -0.15) is 0 Å². The number of aromatic nitrogens is 1. The normalized spacial score (nSPS) is 11.3. The summed E-state index contributed by atoms with van der Waals surface area (Å²) in [4.78, 5) is 28.9. The minimum atomic E-state index is -0.395. The lowest BCUT2D eigenvalue weighted by Gasteiger charge is -2.11. The van der Waals surface area contributed by atoms with Gasteiger partial charge in [-0.1, -0.05) is 54.1 Å². The largest absolute Gasteiger partial charge is 0.361 e. The summed E-state index contributed by atoms with van der Waals surface area (Å²) < 4.78 is 0. The second-order valence-corrected chi connectivity index (χ2v) is 6.99. The number of benzene rings is 3. The van der Waals surface area contributed by atoms with E-state index in [0.29, 0.717) is 11.3 Å². The van der Waals surface area contributed by atoms with Crippen molar-refractivity contribution in [1.82, 2.24) is 10.3 Å². The van der Waals surface area contributed by atoms with E-state index in [9.17, 15) is 9.59 Å². The molecule has 1 heterocycles. The molecule has 4 rings (SSSR count). The van der Waals surface area contributed by atoms with Crippen LogP contribution in [0.3, 0.4) is 0 Å². The Morgan fingerprint density at radius 1 is 0.867 bits per heavy atom. The van der Waals surface area contributed by atoms with E-state index in [-0.39, 0.29) is 11.6 Å². The van der Waals surface area contributed by atoms with Gasteiger partial charge in [0.25, 0.3) is 11.8 Å². The van der Waals surface area contributed by atoms with E-state index in [2.05, 4.69) is 15.6 Å². The minimum Gasteiger partial charge on any atom is -0.361 e. The molecule has 30 heavy (non-hydrogen) atoms. The smallest absolute Gasteiger partial charge is 0.272 e. The van der Waals surface area contributed by atoms with Crippen molar-refractivity contribution in [3.05, 3.63) is 107 Å². The zero-order valence-corrected chi connectivity index (χ0v) is 16.5. The quantitative estimate of drug-likeness (QED) is 0.421. The number of para-hydroxylation sites is 1. The van der Waals surface area contributed by atoms with Crippen molar-refractivity contribution in [2.75, 3.05) is 5.32 Å². The average molecular weight is 395 g/mol. The maximum Gasteiger partial charge on any atom is 0.272 e. The number of carbonyl (C=O) groups is 2. The number of nitrogens with one attached hydrogen (secondary N) is 3. The summed E-state index contributed by atoms with van der Waals surface area (Å²) in [6, 6.07) is 24.1. The number of amides is 2. The van der Waals surface area contributed by atoms with Gasteiger partial charge in [0.1, 0.15) is 5.70 Å². The fourth-order valence-electron chi connectivity index (χ4n) is 3.15. The van der Waals surface area contributed by atoms with Crippen molar-refractivity contribution in [2.45, 2.75) is 6.92 Å². The van der Waals surface area contributed by atoms with Crippen LogP contribution in [0.2, 0.25) is 0 Å². The second kappa shape index (κ2) is 8.49. The van der Waals surface area contributed by atoms with Crippen LogP contribution in [-0.4, -0.2) is 16.8 Å². The molecule has 0 spiro atoms. The maximum atomic E-state index is 13.0. The number of rotatable bonds is 5. The van der Waals surface area contributed by atoms with E-state index in [4.69, 9.17) is 0 Å². The van der Waals surface area contributed by atoms with Gasteiger partial charge in [0.2, 0.25) is 0 Å². The number of hydrogen-bond acceptors (Lipinski definition) is 2. The van der Waals surface area contributed by atoms with Gasteiger partial charge in [-0.15, -0.1) is 0 Å². The molecule has 0 aliphatic carbocycles. The zero-order valence-electron chi connectivity index (χ0n) is 16.5. The lowest BCUT2D eigenvalue weighted by atomic mass is 10.1. The minimum absolute atomic E-state index is 0.161. The SMILES string of the molecule is Cc1ccc(NC(=O)/C(=C/c2c[nH]c3ccccc23)NC(=O)c2ccccc2)cc1. The number of anilines is 1. The van der Waals surface area contributed by atoms with E-state index in [1.54, 1.807) is 30.3 Å². The van der Waals surface area contributed by atoms with Crippen molar-refractivity contribution in [1.29, 1.82) is 0 Å². The van der Waals surface area contributed by atoms with Gasteiger partial charge >= 0.3 is 0 Å². The first-order valence-electron chi connectivity index (χ1n) is 9.62. The Hall–Kier alpha value is -4.12. The monoisotopic (exact) mass is 395 g/mol. The first-order chi connectivity index (χ1) is 14.6. The summed E-state index contributed by atoms with van der Waals surface area (Å²) >= 11 is 0. The predicted molar refractivity (Wildman–Crippen MR) is 120 cm³/mol. The molecule has 1 aromatic heterocycles. The molecule has 2 amide bonds. The predicted octanol–water partition coefficient (Wildman–Crippen LogP) is 4.89. The first-order valence-corrected chi connectivity index (χ1v) is 9.62. The van der Waals surface area contributed by atoms with Crippen LogP contribution >= 0.6 is 0 Å². The number of hydrogen-bond donors (Lipinski definition) is 3. The van der Waals surface area contributed by atoms with Crippen molar-refractivity contribution >= 4 is 34.5 Å². The van der Waals surface area contributed by atoms with Crippen LogP contribution in [0.25, 0.3) is 17.0 Å². The van der Waals surface area contributed by atoms with Gasteiger partial charge in [0.15, 0.2) is 0 Å². The Bertz CT molecular complexity index is 1220. The molecular weight excluding hydrogens is 374 g/mol. The Morgan fingerprint density at radius 3 is 2.33 bits per heavy atom. The van der Waals surface area contributed by atoms with E-state index >= 15 is 0 Å². The molecule has 5 nitrogen and oxygen atoms in total. The maximum absolute atomic E-state index is 13.0. The third-order valence-corrected chi connectivity index (χ3v) is 4.76. The van der Waals surface area contributed by atoms with Crippen LogP contribution in [-0.2, 0) is 4.79 Å². The topological polar surface area (TPSA) is 74.0 Å². The second-order valence-electron chi connectivity index (χ2n) is 6.99. The molecule has 3 aromatic carbocycles. The first kappa shape index (κ1) is 19.2. The van der Waals surface area contributed by atoms with E-state index in [1.807, 2.05) is 67.7 Å². The fraction of sp³-hybridized carbons (Fsp3) is 0.0400. The Morgan fingerprint density at radius 2 is 1.57 bits per heavy atom. The lowest BCUT2D eigenvalue weighted by molar-refractivity contribution is -0.113. The lowest BCUT2D eigenvalue weighted by Crippen LogP contribution is -2.30. The van der Waals surface area contributed by atoms with Crippen LogP contribution in [0.4, 0.5) is 5.69 Å². The van der Waals surface area contributed by atoms with Crippen molar-refractivity contribution in [3.8, 4) is 0 Å². The third kappa shape index (κ3) is 4.31. The molecule has 5 heteroatoms. The zero-order chi connectivity index (χ0) is 20.9. The number of fused-ring (bicyclic) bond motifs is 1. The summed E-state index contributed by atoms with van der Waals surface area (Å²) in [5.74, 6) is -0.742. The summed E-state index contributed by atoms with van der Waals surface area (Å²) in [6.45, 7) is 1.98. The molecule has 148 valence electrons. The number of H-pyrrole nitrogens is 1. The molecule has 3 N–H and O–H groups in total. The molecule has 0 saturated heterocycles. The van der Waals surface area contributed by atoms with Gasteiger partial charge in [-0.3, -0.25) is 9.59 Å². The van der Waals surface area contributed by atoms with E-state index in [0.717, 1.165) is 22.0 Å². The van der Waals surface area contributed by atoms with Crippen LogP contribution < -0.4 is 10.6 Å². The van der Waals surface area contributed by atoms with Crippen molar-refractivity contribution in [2.24, 2.45) is 0 Å². The van der Waals surface area contributed by atoms with Crippen molar-refractivity contribution in [3.63, 3.8) is 0 Å². The van der Waals surface area contributed by atoms with E-state index in [1.165, 1.54) is 0 Å². The van der Waals surface area contributed by atoms with Crippen LogP contribution in [0.5, 0.6) is 0 Å². The van der Waals surface area contributed by atoms with Crippen LogP contribution in [0.15, 0.2) is 90.8 Å². The Labute approximate surface area is 174 Å². The molecule has 0 bridgehead atoms. The molecular formula is C25H21N3O2.